The number of thiol groups is 1. The van der Waals surface area contributed by atoms with Crippen molar-refractivity contribution in [1.29, 1.82) is 0 Å². The highest BCUT2D eigenvalue weighted by atomic mass is 35.5. The highest BCUT2D eigenvalue weighted by molar-refractivity contribution is 7.78. The summed E-state index contributed by atoms with van der Waals surface area (Å²) in [6.07, 6.45) is 0. The third kappa shape index (κ3) is 5.71. The highest BCUT2D eigenvalue weighted by Gasteiger charge is 2.01. The van der Waals surface area contributed by atoms with Gasteiger partial charge < -0.3 is 10.6 Å². The van der Waals surface area contributed by atoms with Crippen molar-refractivity contribution in [2.75, 3.05) is 20.1 Å². The lowest BCUT2D eigenvalue weighted by Gasteiger charge is -2.10. The lowest BCUT2D eigenvalue weighted by atomic mass is 10.4. The van der Waals surface area contributed by atoms with Gasteiger partial charge in [0, 0.05) is 26.7 Å². The van der Waals surface area contributed by atoms with E-state index in [0.29, 0.717) is 24.8 Å². The first kappa shape index (κ1) is 14.0. The molecule has 0 aromatic carbocycles. The zero-order valence-corrected chi connectivity index (χ0v) is 11.0. The molecule has 1 aromatic rings. The van der Waals surface area contributed by atoms with E-state index in [0.717, 1.165) is 5.69 Å². The molecule has 0 bridgehead atoms. The molecule has 0 aliphatic heterocycles. The Balaban J connectivity index is 2.12. The zero-order chi connectivity index (χ0) is 12.7. The van der Waals surface area contributed by atoms with E-state index in [1.165, 1.54) is 4.31 Å². The molecule has 0 radical (unpaired) electrons. The summed E-state index contributed by atoms with van der Waals surface area (Å²) in [7, 11) is 1.56. The molecule has 1 heterocycles. The van der Waals surface area contributed by atoms with Gasteiger partial charge in [-0.2, -0.15) is 5.10 Å². The van der Waals surface area contributed by atoms with Gasteiger partial charge in [-0.25, -0.2) is 4.79 Å². The predicted octanol–water partition coefficient (Wildman–Crippen LogP) is 0.706. The number of hydrogen-bond donors (Lipinski definition) is 3. The first-order chi connectivity index (χ1) is 8.09. The number of halogens is 1. The maximum atomic E-state index is 11.1. The number of carbonyl (C=O) groups excluding carboxylic acids is 1. The van der Waals surface area contributed by atoms with Crippen LogP contribution in [-0.2, 0) is 6.54 Å². The Kier molecular flexibility index (Phi) is 6.03. The van der Waals surface area contributed by atoms with Gasteiger partial charge in [0.25, 0.3) is 0 Å². The number of amides is 2. The molecule has 0 saturated carbocycles. The van der Waals surface area contributed by atoms with Crippen molar-refractivity contribution >= 4 is 30.4 Å². The maximum absolute atomic E-state index is 11.1. The van der Waals surface area contributed by atoms with Crippen LogP contribution in [0.4, 0.5) is 4.79 Å². The van der Waals surface area contributed by atoms with Crippen molar-refractivity contribution in [3.05, 3.63) is 23.0 Å². The molecule has 8 heteroatoms. The Bertz CT molecular complexity index is 359. The minimum Gasteiger partial charge on any atom is -0.336 e. The molecule has 0 saturated heterocycles. The Labute approximate surface area is 110 Å². The summed E-state index contributed by atoms with van der Waals surface area (Å²) in [4.78, 5) is 11.1. The minimum atomic E-state index is -0.235. The molecule has 0 fully saturated rings. The second kappa shape index (κ2) is 7.31. The Hall–Kier alpha value is -1.05. The van der Waals surface area contributed by atoms with Gasteiger partial charge >= 0.3 is 6.03 Å². The largest absolute Gasteiger partial charge is 0.336 e. The summed E-state index contributed by atoms with van der Waals surface area (Å²) >= 11 is 9.46. The van der Waals surface area contributed by atoms with Gasteiger partial charge in [-0.3, -0.25) is 4.31 Å². The standard InChI is InChI=1S/C9H14ClN5OS/c1-15(17)9(16)12-5-4-11-6-7-2-3-8(10)14-13-7/h2-3,11,17H,4-6H2,1H3,(H,12,16). The first-order valence-corrected chi connectivity index (χ1v) is 5.76. The van der Waals surface area contributed by atoms with E-state index < -0.39 is 0 Å². The molecule has 0 unspecified atom stereocenters. The Morgan fingerprint density at radius 1 is 1.47 bits per heavy atom. The van der Waals surface area contributed by atoms with Crippen LogP contribution in [0.15, 0.2) is 12.1 Å². The number of rotatable bonds is 5. The van der Waals surface area contributed by atoms with Gasteiger partial charge in [0.15, 0.2) is 5.15 Å². The molecular formula is C9H14ClN5OS. The van der Waals surface area contributed by atoms with Crippen LogP contribution >= 0.6 is 24.4 Å². The number of aromatic nitrogens is 2. The molecule has 0 atom stereocenters. The molecule has 2 N–H and O–H groups in total. The number of urea groups is 1. The predicted molar refractivity (Wildman–Crippen MR) is 68.9 cm³/mol. The van der Waals surface area contributed by atoms with Crippen LogP contribution < -0.4 is 10.6 Å². The van der Waals surface area contributed by atoms with E-state index in [4.69, 9.17) is 11.6 Å². The van der Waals surface area contributed by atoms with Crippen molar-refractivity contribution in [2.24, 2.45) is 0 Å². The number of hydrogen-bond acceptors (Lipinski definition) is 5. The molecular weight excluding hydrogens is 262 g/mol. The van der Waals surface area contributed by atoms with Crippen molar-refractivity contribution in [1.82, 2.24) is 25.1 Å². The maximum Gasteiger partial charge on any atom is 0.326 e. The van der Waals surface area contributed by atoms with Crippen LogP contribution in [0, 0.1) is 0 Å². The van der Waals surface area contributed by atoms with Crippen LogP contribution in [0.5, 0.6) is 0 Å². The molecule has 0 aliphatic rings. The minimum absolute atomic E-state index is 0.235. The fourth-order valence-electron chi connectivity index (χ4n) is 1.03. The van der Waals surface area contributed by atoms with Gasteiger partial charge in [-0.1, -0.05) is 24.4 Å². The summed E-state index contributed by atoms with van der Waals surface area (Å²) in [5.41, 5.74) is 0.798. The van der Waals surface area contributed by atoms with E-state index in [-0.39, 0.29) is 6.03 Å². The quantitative estimate of drug-likeness (QED) is 0.547. The average molecular weight is 276 g/mol. The smallest absolute Gasteiger partial charge is 0.326 e. The van der Waals surface area contributed by atoms with Gasteiger partial charge in [-0.15, -0.1) is 5.10 Å². The van der Waals surface area contributed by atoms with Crippen LogP contribution in [0.2, 0.25) is 5.15 Å². The Morgan fingerprint density at radius 2 is 2.24 bits per heavy atom. The molecule has 1 aromatic heterocycles. The number of nitrogens with one attached hydrogen (secondary N) is 2. The molecule has 17 heavy (non-hydrogen) atoms. The summed E-state index contributed by atoms with van der Waals surface area (Å²) in [5, 5.41) is 13.8. The van der Waals surface area contributed by atoms with Gasteiger partial charge in [0.1, 0.15) is 0 Å². The lowest BCUT2D eigenvalue weighted by Crippen LogP contribution is -2.36. The Morgan fingerprint density at radius 3 is 2.82 bits per heavy atom. The molecule has 0 spiro atoms. The van der Waals surface area contributed by atoms with Crippen LogP contribution in [0.1, 0.15) is 5.69 Å². The van der Waals surface area contributed by atoms with Gasteiger partial charge in [-0.05, 0) is 12.1 Å². The summed E-state index contributed by atoms with van der Waals surface area (Å²) < 4.78 is 1.19. The fraction of sp³-hybridized carbons (Fsp3) is 0.444. The normalized spacial score (nSPS) is 10.1. The average Bonchev–Trinajstić information content (AvgIpc) is 2.30. The molecule has 94 valence electrons. The number of nitrogens with zero attached hydrogens (tertiary/aromatic N) is 3. The number of carbonyl (C=O) groups is 1. The van der Waals surface area contributed by atoms with Crippen molar-refractivity contribution in [3.63, 3.8) is 0 Å². The summed E-state index contributed by atoms with van der Waals surface area (Å²) in [5.74, 6) is 0. The third-order valence-corrected chi connectivity index (χ3v) is 2.25. The van der Waals surface area contributed by atoms with E-state index in [1.807, 2.05) is 0 Å². The lowest BCUT2D eigenvalue weighted by molar-refractivity contribution is 0.231. The zero-order valence-electron chi connectivity index (χ0n) is 9.35. The molecule has 0 aliphatic carbocycles. The molecule has 2 amide bonds. The van der Waals surface area contributed by atoms with Gasteiger partial charge in [0.2, 0.25) is 0 Å². The third-order valence-electron chi connectivity index (χ3n) is 1.87. The monoisotopic (exact) mass is 275 g/mol. The van der Waals surface area contributed by atoms with E-state index >= 15 is 0 Å². The summed E-state index contributed by atoms with van der Waals surface area (Å²) in [6.45, 7) is 1.74. The summed E-state index contributed by atoms with van der Waals surface area (Å²) in [6, 6.07) is 3.24. The fourth-order valence-corrected chi connectivity index (χ4v) is 1.20. The second-order valence-corrected chi connectivity index (χ2v) is 4.27. The van der Waals surface area contributed by atoms with E-state index in [1.54, 1.807) is 19.2 Å². The highest BCUT2D eigenvalue weighted by Crippen LogP contribution is 2.01. The SMILES string of the molecule is CN(S)C(=O)NCCNCc1ccc(Cl)nn1. The van der Waals surface area contributed by atoms with Crippen LogP contribution in [-0.4, -0.2) is 40.7 Å². The second-order valence-electron chi connectivity index (χ2n) is 3.28. The van der Waals surface area contributed by atoms with Gasteiger partial charge in [0.05, 0.1) is 5.69 Å². The van der Waals surface area contributed by atoms with E-state index in [9.17, 15) is 4.79 Å². The van der Waals surface area contributed by atoms with Crippen molar-refractivity contribution in [2.45, 2.75) is 6.54 Å². The first-order valence-electron chi connectivity index (χ1n) is 4.99. The molecule has 6 nitrogen and oxygen atoms in total. The van der Waals surface area contributed by atoms with Crippen molar-refractivity contribution in [3.8, 4) is 0 Å². The van der Waals surface area contributed by atoms with Crippen LogP contribution in [0.25, 0.3) is 0 Å². The topological polar surface area (TPSA) is 70.2 Å². The van der Waals surface area contributed by atoms with E-state index in [2.05, 4.69) is 33.6 Å². The van der Waals surface area contributed by atoms with Crippen LogP contribution in [0.3, 0.4) is 0 Å². The van der Waals surface area contributed by atoms with Crippen molar-refractivity contribution < 1.29 is 4.79 Å². The molecule has 1 rings (SSSR count).